The van der Waals surface area contributed by atoms with E-state index in [0.717, 1.165) is 76.1 Å². The topological polar surface area (TPSA) is 122 Å². The molecule has 4 aromatic rings. The molecule has 0 bridgehead atoms. The van der Waals surface area contributed by atoms with Gasteiger partial charge in [0.25, 0.3) is 10.0 Å². The van der Waals surface area contributed by atoms with Crippen molar-refractivity contribution in [1.29, 1.82) is 0 Å². The maximum absolute atomic E-state index is 15.3. The minimum absolute atomic E-state index is 0.0749. The number of halogens is 3. The predicted octanol–water partition coefficient (Wildman–Crippen LogP) is 4.02. The van der Waals surface area contributed by atoms with E-state index in [4.69, 9.17) is 10.8 Å². The van der Waals surface area contributed by atoms with Gasteiger partial charge in [-0.2, -0.15) is 5.10 Å². The molecule has 0 amide bonds. The highest BCUT2D eigenvalue weighted by Gasteiger charge is 2.31. The van der Waals surface area contributed by atoms with E-state index in [1.54, 1.807) is 0 Å². The number of piperazine rings is 1. The van der Waals surface area contributed by atoms with Crippen molar-refractivity contribution >= 4 is 32.6 Å². The van der Waals surface area contributed by atoms with Crippen molar-refractivity contribution in [3.05, 3.63) is 60.2 Å². The number of nitrogen functional groups attached to an aromatic ring is 1. The lowest BCUT2D eigenvalue weighted by Crippen LogP contribution is -2.49. The molecular formula is C28H31F3N8O2S. The summed E-state index contributed by atoms with van der Waals surface area (Å²) in [6.45, 7) is 4.27. The van der Waals surface area contributed by atoms with Gasteiger partial charge in [-0.15, -0.1) is 0 Å². The summed E-state index contributed by atoms with van der Waals surface area (Å²) in [5.41, 5.74) is 6.99. The summed E-state index contributed by atoms with van der Waals surface area (Å²) in [6, 6.07) is 6.99. The zero-order valence-electron chi connectivity index (χ0n) is 23.0. The van der Waals surface area contributed by atoms with Crippen molar-refractivity contribution in [2.45, 2.75) is 42.7 Å². The number of benzene rings is 2. The van der Waals surface area contributed by atoms with Gasteiger partial charge in [-0.3, -0.25) is 9.62 Å². The van der Waals surface area contributed by atoms with Crippen LogP contribution in [0.3, 0.4) is 0 Å². The van der Waals surface area contributed by atoms with Gasteiger partial charge in [0.2, 0.25) is 0 Å². The normalized spacial score (nSPS) is 20.7. The van der Waals surface area contributed by atoms with E-state index in [9.17, 15) is 17.2 Å². The van der Waals surface area contributed by atoms with Crippen LogP contribution in [-0.2, 0) is 10.0 Å². The lowest BCUT2D eigenvalue weighted by Gasteiger charge is -2.41. The average molecular weight is 601 g/mol. The summed E-state index contributed by atoms with van der Waals surface area (Å²) in [4.78, 5) is 12.3. The van der Waals surface area contributed by atoms with Crippen LogP contribution in [0.5, 0.6) is 0 Å². The highest BCUT2D eigenvalue weighted by molar-refractivity contribution is 7.92. The molecule has 2 aliphatic rings. The van der Waals surface area contributed by atoms with Crippen molar-refractivity contribution in [1.82, 2.24) is 29.5 Å². The molecule has 6 rings (SSSR count). The second-order valence-electron chi connectivity index (χ2n) is 10.9. The molecule has 1 aliphatic heterocycles. The van der Waals surface area contributed by atoms with E-state index >= 15 is 4.39 Å². The fourth-order valence-electron chi connectivity index (χ4n) is 5.99. The lowest BCUT2D eigenvalue weighted by atomic mass is 9.90. The minimum atomic E-state index is -4.75. The van der Waals surface area contributed by atoms with Crippen LogP contribution < -0.4 is 10.5 Å². The Morgan fingerprint density at radius 3 is 2.24 bits per heavy atom. The molecule has 1 aliphatic carbocycles. The van der Waals surface area contributed by atoms with Crippen molar-refractivity contribution in [3.63, 3.8) is 0 Å². The molecule has 1 saturated carbocycles. The Kier molecular flexibility index (Phi) is 7.53. The molecule has 0 atom stereocenters. The Morgan fingerprint density at radius 1 is 0.905 bits per heavy atom. The Hall–Kier alpha value is -3.75. The largest absolute Gasteiger partial charge is 0.383 e. The number of hydrogen-bond acceptors (Lipinski definition) is 8. The Bertz CT molecular complexity index is 1710. The maximum Gasteiger partial charge on any atom is 0.267 e. The molecule has 42 heavy (non-hydrogen) atoms. The number of anilines is 2. The zero-order chi connectivity index (χ0) is 29.6. The number of hydrogen-bond donors (Lipinski definition) is 2. The number of nitrogens with two attached hydrogens (primary N) is 1. The Labute approximate surface area is 241 Å². The summed E-state index contributed by atoms with van der Waals surface area (Å²) in [5, 5.41) is 5.29. The van der Waals surface area contributed by atoms with Crippen LogP contribution in [0.15, 0.2) is 47.6 Å². The molecule has 14 heteroatoms. The summed E-state index contributed by atoms with van der Waals surface area (Å²) in [6.07, 6.45) is 5.23. The van der Waals surface area contributed by atoms with Crippen LogP contribution in [0.4, 0.5) is 24.7 Å². The number of nitrogens with zero attached hydrogens (tertiary/aromatic N) is 6. The third-order valence-corrected chi connectivity index (χ3v) is 9.68. The van der Waals surface area contributed by atoms with Crippen LogP contribution in [0, 0.1) is 17.5 Å². The predicted molar refractivity (Wildman–Crippen MR) is 153 cm³/mol. The minimum Gasteiger partial charge on any atom is -0.383 e. The van der Waals surface area contributed by atoms with E-state index in [0.29, 0.717) is 28.3 Å². The van der Waals surface area contributed by atoms with Crippen molar-refractivity contribution < 1.29 is 21.6 Å². The van der Waals surface area contributed by atoms with Crippen LogP contribution >= 0.6 is 0 Å². The average Bonchev–Trinajstić information content (AvgIpc) is 3.35. The van der Waals surface area contributed by atoms with Gasteiger partial charge >= 0.3 is 0 Å². The van der Waals surface area contributed by atoms with Gasteiger partial charge in [0.15, 0.2) is 10.5 Å². The molecular weight excluding hydrogens is 569 g/mol. The number of fused-ring (bicyclic) bond motifs is 1. The first-order valence-electron chi connectivity index (χ1n) is 13.8. The maximum atomic E-state index is 15.3. The SMILES string of the molecule is CN1CCN(C2CCC(n3nc(-c4ccc(NS(=O)(=O)c5c(F)cccc5F)c(F)c4)c4c(N)ncnc43)CC2)CC1. The van der Waals surface area contributed by atoms with Crippen LogP contribution in [-0.4, -0.2) is 77.2 Å². The fraction of sp³-hybridized carbons (Fsp3) is 0.393. The number of nitrogens with one attached hydrogen (secondary N) is 1. The van der Waals surface area contributed by atoms with E-state index < -0.39 is 38.1 Å². The zero-order valence-corrected chi connectivity index (χ0v) is 23.8. The van der Waals surface area contributed by atoms with E-state index in [1.165, 1.54) is 18.5 Å². The molecule has 2 aromatic carbocycles. The van der Waals surface area contributed by atoms with Crippen LogP contribution in [0.1, 0.15) is 31.7 Å². The quantitative estimate of drug-likeness (QED) is 0.340. The molecule has 3 N–H and O–H groups in total. The summed E-state index contributed by atoms with van der Waals surface area (Å²) < 4.78 is 72.6. The monoisotopic (exact) mass is 600 g/mol. The highest BCUT2D eigenvalue weighted by atomic mass is 32.2. The van der Waals surface area contributed by atoms with E-state index in [1.807, 2.05) is 9.40 Å². The first kappa shape index (κ1) is 28.4. The summed E-state index contributed by atoms with van der Waals surface area (Å²) in [5.74, 6) is -3.35. The van der Waals surface area contributed by atoms with Crippen LogP contribution in [0.2, 0.25) is 0 Å². The number of sulfonamides is 1. The molecule has 2 fully saturated rings. The van der Waals surface area contributed by atoms with E-state index in [2.05, 4.69) is 26.8 Å². The van der Waals surface area contributed by atoms with Crippen molar-refractivity contribution in [2.24, 2.45) is 0 Å². The lowest BCUT2D eigenvalue weighted by molar-refractivity contribution is 0.0815. The molecule has 0 spiro atoms. The molecule has 0 unspecified atom stereocenters. The first-order chi connectivity index (χ1) is 20.1. The second-order valence-corrected chi connectivity index (χ2v) is 12.5. The smallest absolute Gasteiger partial charge is 0.267 e. The van der Waals surface area contributed by atoms with E-state index in [-0.39, 0.29) is 11.9 Å². The Morgan fingerprint density at radius 2 is 1.57 bits per heavy atom. The molecule has 3 heterocycles. The van der Waals surface area contributed by atoms with Crippen molar-refractivity contribution in [3.8, 4) is 11.3 Å². The summed E-state index contributed by atoms with van der Waals surface area (Å²) in [7, 11) is -2.60. The van der Waals surface area contributed by atoms with Crippen LogP contribution in [0.25, 0.3) is 22.3 Å². The van der Waals surface area contributed by atoms with Crippen molar-refractivity contribution in [2.75, 3.05) is 43.7 Å². The van der Waals surface area contributed by atoms with Gasteiger partial charge < -0.3 is 10.6 Å². The molecule has 0 radical (unpaired) electrons. The van der Waals surface area contributed by atoms with Gasteiger partial charge in [0, 0.05) is 37.8 Å². The third-order valence-electron chi connectivity index (χ3n) is 8.26. The fourth-order valence-corrected chi connectivity index (χ4v) is 7.19. The molecule has 1 saturated heterocycles. The van der Waals surface area contributed by atoms with Gasteiger partial charge in [0.1, 0.15) is 35.3 Å². The van der Waals surface area contributed by atoms with Gasteiger partial charge in [-0.05, 0) is 57.0 Å². The second kappa shape index (κ2) is 11.2. The highest BCUT2D eigenvalue weighted by Crippen LogP contribution is 2.38. The first-order valence-corrected chi connectivity index (χ1v) is 15.3. The molecule has 2 aromatic heterocycles. The third kappa shape index (κ3) is 5.29. The molecule has 222 valence electrons. The number of rotatable bonds is 6. The van der Waals surface area contributed by atoms with Gasteiger partial charge in [-0.25, -0.2) is 36.2 Å². The summed E-state index contributed by atoms with van der Waals surface area (Å²) >= 11 is 0. The Balaban J connectivity index is 1.27. The standard InChI is InChI=1S/C28H31F3N8O2S/c1-37-11-13-38(14-12-37)18-6-8-19(9-7-18)39-28-24(27(32)33-16-34-28)25(35-39)17-5-10-23(22(31)15-17)36-42(40,41)26-20(29)3-2-4-21(26)30/h2-5,10,15-16,18-19,36H,6-9,11-14H2,1H3,(H2,32,33,34). The van der Waals surface area contributed by atoms with Gasteiger partial charge in [-0.1, -0.05) is 12.1 Å². The van der Waals surface area contributed by atoms with Gasteiger partial charge in [0.05, 0.1) is 17.1 Å². The number of aromatic nitrogens is 4. The molecule has 10 nitrogen and oxygen atoms in total. The number of likely N-dealkylation sites (N-methyl/N-ethyl adjacent to an activating group) is 1.